The van der Waals surface area contributed by atoms with Gasteiger partial charge >= 0.3 is 0 Å². The lowest BCUT2D eigenvalue weighted by Gasteiger charge is -2.19. The molecule has 0 spiro atoms. The van der Waals surface area contributed by atoms with Gasteiger partial charge in [0.05, 0.1) is 6.54 Å². The first kappa shape index (κ1) is 20.6. The number of amides is 2. The molecule has 1 unspecified atom stereocenters. The van der Waals surface area contributed by atoms with Gasteiger partial charge in [0.2, 0.25) is 0 Å². The zero-order valence-corrected chi connectivity index (χ0v) is 16.7. The van der Waals surface area contributed by atoms with E-state index in [0.717, 1.165) is 45.9 Å². The lowest BCUT2D eigenvalue weighted by molar-refractivity contribution is -0.883. The molecule has 0 heterocycles. The molecule has 0 saturated heterocycles. The second-order valence-corrected chi connectivity index (χ2v) is 7.03. The third-order valence-corrected chi connectivity index (χ3v) is 4.59. The molecule has 0 aliphatic carbocycles. The highest BCUT2D eigenvalue weighted by molar-refractivity contribution is 5.94. The highest BCUT2D eigenvalue weighted by atomic mass is 16.2. The van der Waals surface area contributed by atoms with Gasteiger partial charge in [-0.15, -0.1) is 0 Å². The number of rotatable bonds is 8. The maximum atomic E-state index is 12.5. The van der Waals surface area contributed by atoms with Crippen molar-refractivity contribution in [2.45, 2.75) is 34.1 Å². The number of para-hydroxylation sites is 2. The van der Waals surface area contributed by atoms with E-state index in [2.05, 4.69) is 17.6 Å². The molecule has 0 bridgehead atoms. The Morgan fingerprint density at radius 2 is 1.37 bits per heavy atom. The second-order valence-electron chi connectivity index (χ2n) is 7.03. The summed E-state index contributed by atoms with van der Waals surface area (Å²) in [7, 11) is 0. The molecule has 5 heteroatoms. The summed E-state index contributed by atoms with van der Waals surface area (Å²) in [6.45, 7) is 9.28. The van der Waals surface area contributed by atoms with Gasteiger partial charge in [0.15, 0.2) is 13.1 Å². The molecule has 27 heavy (non-hydrogen) atoms. The Morgan fingerprint density at radius 1 is 0.815 bits per heavy atom. The molecule has 5 nitrogen and oxygen atoms in total. The molecule has 0 fully saturated rings. The van der Waals surface area contributed by atoms with Crippen molar-refractivity contribution in [3.63, 3.8) is 0 Å². The Hall–Kier alpha value is -2.66. The fourth-order valence-corrected chi connectivity index (χ4v) is 3.15. The van der Waals surface area contributed by atoms with Crippen molar-refractivity contribution in [3.8, 4) is 0 Å². The molecule has 0 aromatic heterocycles. The Kier molecular flexibility index (Phi) is 7.55. The summed E-state index contributed by atoms with van der Waals surface area (Å²) in [4.78, 5) is 25.9. The average Bonchev–Trinajstić information content (AvgIpc) is 2.60. The van der Waals surface area contributed by atoms with Crippen molar-refractivity contribution >= 4 is 23.2 Å². The number of benzene rings is 2. The topological polar surface area (TPSA) is 62.6 Å². The van der Waals surface area contributed by atoms with Gasteiger partial charge in [0.1, 0.15) is 0 Å². The first-order chi connectivity index (χ1) is 12.9. The Bertz CT molecular complexity index is 782. The van der Waals surface area contributed by atoms with E-state index in [1.54, 1.807) is 0 Å². The molecule has 0 radical (unpaired) electrons. The van der Waals surface area contributed by atoms with Crippen molar-refractivity contribution in [2.75, 3.05) is 30.3 Å². The summed E-state index contributed by atoms with van der Waals surface area (Å²) in [5, 5.41) is 5.96. The van der Waals surface area contributed by atoms with Crippen LogP contribution in [-0.2, 0) is 9.59 Å². The molecule has 2 rings (SSSR count). The van der Waals surface area contributed by atoms with Crippen LogP contribution in [0.25, 0.3) is 0 Å². The SMILES string of the molecule is CCC[NH+](CC(=O)Nc1ccccc1C)CC(=O)Nc1c(C)cccc1C. The minimum Gasteiger partial charge on any atom is -0.321 e. The minimum absolute atomic E-state index is 0.0699. The van der Waals surface area contributed by atoms with E-state index in [-0.39, 0.29) is 24.9 Å². The van der Waals surface area contributed by atoms with Crippen molar-refractivity contribution in [1.82, 2.24) is 0 Å². The first-order valence-corrected chi connectivity index (χ1v) is 9.45. The van der Waals surface area contributed by atoms with Crippen LogP contribution in [0.2, 0.25) is 0 Å². The van der Waals surface area contributed by atoms with Crippen LogP contribution in [0.1, 0.15) is 30.0 Å². The fourth-order valence-electron chi connectivity index (χ4n) is 3.15. The smallest absolute Gasteiger partial charge is 0.279 e. The predicted octanol–water partition coefficient (Wildman–Crippen LogP) is 2.48. The summed E-state index contributed by atoms with van der Waals surface area (Å²) in [5.74, 6) is -0.146. The molecule has 1 atom stereocenters. The van der Waals surface area contributed by atoms with Crippen molar-refractivity contribution in [2.24, 2.45) is 0 Å². The summed E-state index contributed by atoms with van der Waals surface area (Å²) >= 11 is 0. The molecule has 2 aromatic rings. The third kappa shape index (κ3) is 6.22. The lowest BCUT2D eigenvalue weighted by atomic mass is 10.1. The zero-order chi connectivity index (χ0) is 19.8. The summed E-state index contributed by atoms with van der Waals surface area (Å²) < 4.78 is 0. The van der Waals surface area contributed by atoms with E-state index >= 15 is 0 Å². The lowest BCUT2D eigenvalue weighted by Crippen LogP contribution is -3.14. The largest absolute Gasteiger partial charge is 0.321 e. The number of carbonyl (C=O) groups excluding carboxylic acids is 2. The molecule has 2 aromatic carbocycles. The highest BCUT2D eigenvalue weighted by Gasteiger charge is 2.19. The van der Waals surface area contributed by atoms with E-state index in [1.165, 1.54) is 0 Å². The maximum absolute atomic E-state index is 12.5. The van der Waals surface area contributed by atoms with Gasteiger partial charge in [-0.25, -0.2) is 0 Å². The molecule has 0 aliphatic heterocycles. The van der Waals surface area contributed by atoms with Crippen LogP contribution in [0.3, 0.4) is 0 Å². The van der Waals surface area contributed by atoms with Gasteiger partial charge < -0.3 is 15.5 Å². The Balaban J connectivity index is 1.97. The van der Waals surface area contributed by atoms with Crippen LogP contribution in [-0.4, -0.2) is 31.4 Å². The number of nitrogens with one attached hydrogen (secondary N) is 3. The number of anilines is 2. The first-order valence-electron chi connectivity index (χ1n) is 9.45. The van der Waals surface area contributed by atoms with Crippen LogP contribution in [0.5, 0.6) is 0 Å². The zero-order valence-electron chi connectivity index (χ0n) is 16.7. The Morgan fingerprint density at radius 3 is 1.96 bits per heavy atom. The van der Waals surface area contributed by atoms with Gasteiger partial charge in [0.25, 0.3) is 11.8 Å². The number of quaternary nitrogens is 1. The molecule has 2 amide bonds. The van der Waals surface area contributed by atoms with E-state index < -0.39 is 0 Å². The van der Waals surface area contributed by atoms with E-state index in [9.17, 15) is 9.59 Å². The third-order valence-electron chi connectivity index (χ3n) is 4.59. The molecular formula is C22H30N3O2+. The van der Waals surface area contributed by atoms with Crippen molar-refractivity contribution in [1.29, 1.82) is 0 Å². The molecule has 0 aliphatic rings. The van der Waals surface area contributed by atoms with Gasteiger partial charge in [-0.05, 0) is 49.9 Å². The van der Waals surface area contributed by atoms with Crippen LogP contribution in [0, 0.1) is 20.8 Å². The predicted molar refractivity (Wildman–Crippen MR) is 110 cm³/mol. The number of hydrogen-bond acceptors (Lipinski definition) is 2. The van der Waals surface area contributed by atoms with Crippen LogP contribution < -0.4 is 15.5 Å². The standard InChI is InChI=1S/C22H29N3O2/c1-5-13-25(14-20(26)23-19-12-7-6-9-16(19)2)15-21(27)24-22-17(3)10-8-11-18(22)4/h6-12H,5,13-15H2,1-4H3,(H,23,26)(H,24,27)/p+1. The molecule has 3 N–H and O–H groups in total. The normalized spacial score (nSPS) is 11.7. The second kappa shape index (κ2) is 9.88. The van der Waals surface area contributed by atoms with Crippen LogP contribution in [0.4, 0.5) is 11.4 Å². The number of aryl methyl sites for hydroxylation is 3. The molecular weight excluding hydrogens is 338 g/mol. The van der Waals surface area contributed by atoms with Crippen LogP contribution in [0.15, 0.2) is 42.5 Å². The quantitative estimate of drug-likeness (QED) is 0.670. The molecule has 0 saturated carbocycles. The fraction of sp³-hybridized carbons (Fsp3) is 0.364. The monoisotopic (exact) mass is 368 g/mol. The van der Waals surface area contributed by atoms with Gasteiger partial charge in [0, 0.05) is 11.4 Å². The Labute approximate surface area is 161 Å². The average molecular weight is 369 g/mol. The number of carbonyl (C=O) groups is 2. The van der Waals surface area contributed by atoms with Gasteiger partial charge in [-0.3, -0.25) is 9.59 Å². The summed E-state index contributed by atoms with van der Waals surface area (Å²) in [6.07, 6.45) is 0.906. The van der Waals surface area contributed by atoms with Crippen LogP contribution >= 0.6 is 0 Å². The molecule has 144 valence electrons. The number of hydrogen-bond donors (Lipinski definition) is 3. The summed E-state index contributed by atoms with van der Waals surface area (Å²) in [6, 6.07) is 13.6. The van der Waals surface area contributed by atoms with Gasteiger partial charge in [-0.2, -0.15) is 0 Å². The van der Waals surface area contributed by atoms with E-state index in [4.69, 9.17) is 0 Å². The van der Waals surface area contributed by atoms with Crippen molar-refractivity contribution in [3.05, 3.63) is 59.2 Å². The van der Waals surface area contributed by atoms with E-state index in [1.807, 2.05) is 63.2 Å². The summed E-state index contributed by atoms with van der Waals surface area (Å²) in [5.41, 5.74) is 4.78. The van der Waals surface area contributed by atoms with Gasteiger partial charge in [-0.1, -0.05) is 43.3 Å². The van der Waals surface area contributed by atoms with Crippen molar-refractivity contribution < 1.29 is 14.5 Å². The maximum Gasteiger partial charge on any atom is 0.279 e. The minimum atomic E-state index is -0.0763. The highest BCUT2D eigenvalue weighted by Crippen LogP contribution is 2.18. The van der Waals surface area contributed by atoms with E-state index in [0.29, 0.717) is 0 Å².